The van der Waals surface area contributed by atoms with Crippen molar-refractivity contribution in [3.05, 3.63) is 34.1 Å². The summed E-state index contributed by atoms with van der Waals surface area (Å²) in [5, 5.41) is 10.4. The molecule has 1 aliphatic carbocycles. The molecule has 1 aromatic carbocycles. The van der Waals surface area contributed by atoms with Gasteiger partial charge in [0.1, 0.15) is 0 Å². The fraction of sp³-hybridized carbons (Fsp3) is 0.400. The van der Waals surface area contributed by atoms with Crippen LogP contribution in [0.4, 0.5) is 10.1 Å². The molecule has 5 heteroatoms. The van der Waals surface area contributed by atoms with E-state index in [1.807, 2.05) is 0 Å². The molecule has 0 saturated heterocycles. The summed E-state index contributed by atoms with van der Waals surface area (Å²) in [5.74, 6) is -0.0963. The van der Waals surface area contributed by atoms with Gasteiger partial charge < -0.3 is 4.74 Å². The van der Waals surface area contributed by atoms with Gasteiger partial charge in [-0.2, -0.15) is 0 Å². The lowest BCUT2D eigenvalue weighted by molar-refractivity contribution is -0.385. The molecule has 0 bridgehead atoms. The number of benzene rings is 1. The fourth-order valence-corrected chi connectivity index (χ4v) is 1.21. The molecule has 80 valence electrons. The van der Waals surface area contributed by atoms with Gasteiger partial charge in [-0.1, -0.05) is 0 Å². The van der Waals surface area contributed by atoms with Crippen LogP contribution in [0, 0.1) is 21.8 Å². The van der Waals surface area contributed by atoms with Crippen LogP contribution < -0.4 is 4.74 Å². The topological polar surface area (TPSA) is 52.4 Å². The van der Waals surface area contributed by atoms with Crippen molar-refractivity contribution in [3.63, 3.8) is 0 Å². The first-order valence-corrected chi connectivity index (χ1v) is 4.73. The average molecular weight is 211 g/mol. The number of nitrogens with zero attached hydrogens (tertiary/aromatic N) is 1. The van der Waals surface area contributed by atoms with Gasteiger partial charge >= 0.3 is 0 Å². The summed E-state index contributed by atoms with van der Waals surface area (Å²) in [7, 11) is 0. The highest BCUT2D eigenvalue weighted by Crippen LogP contribution is 2.31. The molecule has 0 atom stereocenters. The Bertz CT molecular complexity index is 390. The Balaban J connectivity index is 2.12. The van der Waals surface area contributed by atoms with Crippen LogP contribution in [-0.4, -0.2) is 11.5 Å². The van der Waals surface area contributed by atoms with E-state index in [0.717, 1.165) is 31.0 Å². The second kappa shape index (κ2) is 3.84. The molecule has 0 radical (unpaired) electrons. The van der Waals surface area contributed by atoms with Crippen LogP contribution in [0.5, 0.6) is 5.75 Å². The third-order valence-corrected chi connectivity index (χ3v) is 2.30. The summed E-state index contributed by atoms with van der Waals surface area (Å²) < 4.78 is 18.3. The van der Waals surface area contributed by atoms with Gasteiger partial charge in [0, 0.05) is 6.07 Å². The van der Waals surface area contributed by atoms with Crippen molar-refractivity contribution < 1.29 is 14.1 Å². The number of halogens is 1. The van der Waals surface area contributed by atoms with Gasteiger partial charge in [0.15, 0.2) is 11.6 Å². The van der Waals surface area contributed by atoms with Gasteiger partial charge in [-0.15, -0.1) is 0 Å². The number of ether oxygens (including phenoxy) is 1. The van der Waals surface area contributed by atoms with Crippen LogP contribution in [-0.2, 0) is 0 Å². The lowest BCUT2D eigenvalue weighted by atomic mass is 10.3. The molecular formula is C10H10FNO3. The molecule has 2 rings (SSSR count). The number of hydrogen-bond acceptors (Lipinski definition) is 3. The third-order valence-electron chi connectivity index (χ3n) is 2.30. The Morgan fingerprint density at radius 3 is 2.87 bits per heavy atom. The molecule has 1 aromatic rings. The predicted octanol–water partition coefficient (Wildman–Crippen LogP) is 2.52. The van der Waals surface area contributed by atoms with E-state index in [0.29, 0.717) is 12.5 Å². The molecule has 0 unspecified atom stereocenters. The van der Waals surface area contributed by atoms with E-state index in [1.54, 1.807) is 0 Å². The standard InChI is InChI=1S/C10H10FNO3/c11-9-4-3-8(12(13)14)5-10(9)15-6-7-1-2-7/h3-5,7H,1-2,6H2. The van der Waals surface area contributed by atoms with E-state index in [9.17, 15) is 14.5 Å². The first-order chi connectivity index (χ1) is 7.16. The fourth-order valence-electron chi connectivity index (χ4n) is 1.21. The van der Waals surface area contributed by atoms with Gasteiger partial charge in [0.05, 0.1) is 17.6 Å². The third kappa shape index (κ3) is 2.43. The molecule has 0 N–H and O–H groups in total. The highest BCUT2D eigenvalue weighted by molar-refractivity contribution is 5.39. The Kier molecular flexibility index (Phi) is 2.53. The molecular weight excluding hydrogens is 201 g/mol. The van der Waals surface area contributed by atoms with E-state index in [2.05, 4.69) is 0 Å². The Morgan fingerprint density at radius 2 is 2.27 bits per heavy atom. The van der Waals surface area contributed by atoms with Crippen LogP contribution in [0.15, 0.2) is 18.2 Å². The van der Waals surface area contributed by atoms with E-state index >= 15 is 0 Å². The number of non-ortho nitro benzene ring substituents is 1. The second-order valence-electron chi connectivity index (χ2n) is 3.63. The van der Waals surface area contributed by atoms with Gasteiger partial charge in [0.25, 0.3) is 5.69 Å². The summed E-state index contributed by atoms with van der Waals surface area (Å²) in [6.07, 6.45) is 2.19. The minimum absolute atomic E-state index is 0.0314. The lowest BCUT2D eigenvalue weighted by Gasteiger charge is -2.05. The quantitative estimate of drug-likeness (QED) is 0.568. The highest BCUT2D eigenvalue weighted by Gasteiger charge is 2.23. The maximum Gasteiger partial charge on any atom is 0.273 e. The summed E-state index contributed by atoms with van der Waals surface area (Å²) in [4.78, 5) is 9.88. The number of hydrogen-bond donors (Lipinski definition) is 0. The average Bonchev–Trinajstić information content (AvgIpc) is 3.00. The van der Waals surface area contributed by atoms with E-state index in [4.69, 9.17) is 4.74 Å². The first-order valence-electron chi connectivity index (χ1n) is 4.73. The maximum absolute atomic E-state index is 13.2. The molecule has 0 aromatic heterocycles. The van der Waals surface area contributed by atoms with Crippen molar-refractivity contribution in [2.75, 3.05) is 6.61 Å². The largest absolute Gasteiger partial charge is 0.490 e. The molecule has 0 amide bonds. The van der Waals surface area contributed by atoms with Crippen molar-refractivity contribution in [1.82, 2.24) is 0 Å². The van der Waals surface area contributed by atoms with Crippen molar-refractivity contribution in [1.29, 1.82) is 0 Å². The molecule has 0 aliphatic heterocycles. The van der Waals surface area contributed by atoms with E-state index in [-0.39, 0.29) is 11.4 Å². The van der Waals surface area contributed by atoms with Crippen LogP contribution >= 0.6 is 0 Å². The van der Waals surface area contributed by atoms with Gasteiger partial charge in [-0.05, 0) is 24.8 Å². The zero-order chi connectivity index (χ0) is 10.8. The van der Waals surface area contributed by atoms with E-state index < -0.39 is 10.7 Å². The summed E-state index contributed by atoms with van der Waals surface area (Å²) in [6, 6.07) is 3.30. The maximum atomic E-state index is 13.2. The molecule has 15 heavy (non-hydrogen) atoms. The normalized spacial score (nSPS) is 15.0. The zero-order valence-corrected chi connectivity index (χ0v) is 7.98. The van der Waals surface area contributed by atoms with Crippen LogP contribution in [0.25, 0.3) is 0 Å². The van der Waals surface area contributed by atoms with Crippen molar-refractivity contribution in [2.45, 2.75) is 12.8 Å². The second-order valence-corrected chi connectivity index (χ2v) is 3.63. The Hall–Kier alpha value is -1.65. The van der Waals surface area contributed by atoms with Gasteiger partial charge in [-0.3, -0.25) is 10.1 Å². The monoisotopic (exact) mass is 211 g/mol. The van der Waals surface area contributed by atoms with Crippen LogP contribution in [0.3, 0.4) is 0 Å². The number of rotatable bonds is 4. The van der Waals surface area contributed by atoms with Crippen molar-refractivity contribution >= 4 is 5.69 Å². The predicted molar refractivity (Wildman–Crippen MR) is 51.3 cm³/mol. The SMILES string of the molecule is O=[N+]([O-])c1ccc(F)c(OCC2CC2)c1. The minimum atomic E-state index is -0.566. The number of nitro benzene ring substituents is 1. The van der Waals surface area contributed by atoms with Crippen LogP contribution in [0.2, 0.25) is 0 Å². The minimum Gasteiger partial charge on any atom is -0.490 e. The molecule has 1 saturated carbocycles. The summed E-state index contributed by atoms with van der Waals surface area (Å²) in [6.45, 7) is 0.443. The molecule has 1 fully saturated rings. The Morgan fingerprint density at radius 1 is 1.53 bits per heavy atom. The number of nitro groups is 1. The lowest BCUT2D eigenvalue weighted by Crippen LogP contribution is -2.01. The Labute approximate surface area is 85.8 Å². The van der Waals surface area contributed by atoms with Crippen LogP contribution in [0.1, 0.15) is 12.8 Å². The molecule has 0 heterocycles. The summed E-state index contributed by atoms with van der Waals surface area (Å²) >= 11 is 0. The molecule has 1 aliphatic rings. The van der Waals surface area contributed by atoms with Crippen molar-refractivity contribution in [2.24, 2.45) is 5.92 Å². The molecule has 0 spiro atoms. The smallest absolute Gasteiger partial charge is 0.273 e. The molecule has 4 nitrogen and oxygen atoms in total. The van der Waals surface area contributed by atoms with Gasteiger partial charge in [-0.25, -0.2) is 4.39 Å². The van der Waals surface area contributed by atoms with E-state index in [1.165, 1.54) is 0 Å². The zero-order valence-electron chi connectivity index (χ0n) is 7.98. The summed E-state index contributed by atoms with van der Waals surface area (Å²) in [5.41, 5.74) is -0.151. The van der Waals surface area contributed by atoms with Gasteiger partial charge in [0.2, 0.25) is 0 Å². The van der Waals surface area contributed by atoms with Crippen molar-refractivity contribution in [3.8, 4) is 5.75 Å². The first kappa shape index (κ1) is 9.89. The highest BCUT2D eigenvalue weighted by atomic mass is 19.1.